The molecule has 0 aromatic carbocycles. The summed E-state index contributed by atoms with van der Waals surface area (Å²) in [4.78, 5) is 0. The minimum Gasteiger partial charge on any atom is -0.370 e. The van der Waals surface area contributed by atoms with E-state index >= 15 is 0 Å². The van der Waals surface area contributed by atoms with Gasteiger partial charge in [-0.1, -0.05) is 25.0 Å². The Bertz CT molecular complexity index is 145. The van der Waals surface area contributed by atoms with Crippen LogP contribution in [-0.4, -0.2) is 12.2 Å². The average molecular weight is 168 g/mol. The largest absolute Gasteiger partial charge is 0.370 e. The van der Waals surface area contributed by atoms with Crippen molar-refractivity contribution in [1.82, 2.24) is 0 Å². The first-order chi connectivity index (χ1) is 5.77. The lowest BCUT2D eigenvalue weighted by atomic mass is 10.0. The third kappa shape index (κ3) is 3.91. The fourth-order valence-electron chi connectivity index (χ4n) is 1.37. The molecular weight excluding hydrogens is 148 g/mol. The molecular formula is C11H20O. The van der Waals surface area contributed by atoms with Crippen molar-refractivity contribution in [3.63, 3.8) is 0 Å². The maximum Gasteiger partial charge on any atom is 0.0888 e. The number of allylic oxidation sites excluding steroid dienone is 2. The Hall–Kier alpha value is -0.300. The molecule has 1 heteroatoms. The number of hydrogen-bond acceptors (Lipinski definition) is 1. The van der Waals surface area contributed by atoms with Gasteiger partial charge in [-0.25, -0.2) is 0 Å². The average Bonchev–Trinajstić information content (AvgIpc) is 2.77. The predicted octanol–water partition coefficient (Wildman–Crippen LogP) is 3.30. The summed E-state index contributed by atoms with van der Waals surface area (Å²) in [7, 11) is 0. The highest BCUT2D eigenvalue weighted by Crippen LogP contribution is 2.31. The third-order valence-corrected chi connectivity index (χ3v) is 2.45. The molecule has 0 aromatic heterocycles. The predicted molar refractivity (Wildman–Crippen MR) is 52.3 cm³/mol. The Morgan fingerprint density at radius 1 is 1.33 bits per heavy atom. The quantitative estimate of drug-likeness (QED) is 0.337. The molecule has 1 rings (SSSR count). The van der Waals surface area contributed by atoms with Gasteiger partial charge >= 0.3 is 0 Å². The topological polar surface area (TPSA) is 12.5 Å². The molecule has 1 unspecified atom stereocenters. The number of rotatable bonds is 6. The zero-order chi connectivity index (χ0) is 8.86. The van der Waals surface area contributed by atoms with E-state index in [0.29, 0.717) is 0 Å². The van der Waals surface area contributed by atoms with E-state index in [-0.39, 0.29) is 5.60 Å². The lowest BCUT2D eigenvalue weighted by Crippen LogP contribution is -2.02. The first kappa shape index (κ1) is 9.79. The summed E-state index contributed by atoms with van der Waals surface area (Å²) in [6.45, 7) is 5.28. The molecule has 70 valence electrons. The van der Waals surface area contributed by atoms with E-state index in [1.807, 2.05) is 0 Å². The maximum atomic E-state index is 5.31. The van der Waals surface area contributed by atoms with Crippen molar-refractivity contribution in [2.75, 3.05) is 6.61 Å². The molecule has 1 atom stereocenters. The van der Waals surface area contributed by atoms with Crippen LogP contribution in [0.15, 0.2) is 12.2 Å². The molecule has 0 aromatic rings. The number of epoxide rings is 1. The molecule has 12 heavy (non-hydrogen) atoms. The van der Waals surface area contributed by atoms with Crippen LogP contribution in [0, 0.1) is 0 Å². The van der Waals surface area contributed by atoms with E-state index in [1.54, 1.807) is 0 Å². The van der Waals surface area contributed by atoms with Crippen molar-refractivity contribution in [2.24, 2.45) is 0 Å². The van der Waals surface area contributed by atoms with Gasteiger partial charge in [-0.3, -0.25) is 0 Å². The Morgan fingerprint density at radius 2 is 2.08 bits per heavy atom. The van der Waals surface area contributed by atoms with Crippen molar-refractivity contribution in [1.29, 1.82) is 0 Å². The van der Waals surface area contributed by atoms with E-state index in [9.17, 15) is 0 Å². The fraction of sp³-hybridized carbons (Fsp3) is 0.818. The SMILES string of the molecule is C/C=C/CCCCCC1(C)CO1. The molecule has 0 N–H and O–H groups in total. The molecule has 1 aliphatic rings. The Kier molecular flexibility index (Phi) is 3.80. The summed E-state index contributed by atoms with van der Waals surface area (Å²) in [6.07, 6.45) is 10.9. The van der Waals surface area contributed by atoms with Crippen molar-refractivity contribution in [2.45, 2.75) is 51.6 Å². The summed E-state index contributed by atoms with van der Waals surface area (Å²) in [5.41, 5.74) is 0.278. The third-order valence-electron chi connectivity index (χ3n) is 2.45. The van der Waals surface area contributed by atoms with Crippen LogP contribution in [0.5, 0.6) is 0 Å². The highest BCUT2D eigenvalue weighted by Gasteiger charge is 2.37. The molecule has 0 saturated carbocycles. The minimum absolute atomic E-state index is 0.278. The highest BCUT2D eigenvalue weighted by atomic mass is 16.6. The van der Waals surface area contributed by atoms with Crippen LogP contribution in [0.4, 0.5) is 0 Å². The van der Waals surface area contributed by atoms with Gasteiger partial charge in [0.2, 0.25) is 0 Å². The van der Waals surface area contributed by atoms with Crippen molar-refractivity contribution < 1.29 is 4.74 Å². The Morgan fingerprint density at radius 3 is 2.67 bits per heavy atom. The summed E-state index contributed by atoms with van der Waals surface area (Å²) in [5, 5.41) is 0. The molecule has 0 amide bonds. The second-order valence-electron chi connectivity index (χ2n) is 3.91. The molecule has 0 radical (unpaired) electrons. The van der Waals surface area contributed by atoms with Gasteiger partial charge in [0.15, 0.2) is 0 Å². The number of unbranched alkanes of at least 4 members (excludes halogenated alkanes) is 3. The molecule has 1 heterocycles. The van der Waals surface area contributed by atoms with E-state index in [1.165, 1.54) is 32.1 Å². The second kappa shape index (κ2) is 4.66. The Balaban J connectivity index is 1.83. The molecule has 1 aliphatic heterocycles. The first-order valence-corrected chi connectivity index (χ1v) is 5.02. The molecule has 1 fully saturated rings. The second-order valence-corrected chi connectivity index (χ2v) is 3.91. The van der Waals surface area contributed by atoms with Crippen LogP contribution in [0.1, 0.15) is 46.0 Å². The van der Waals surface area contributed by atoms with Gasteiger partial charge < -0.3 is 4.74 Å². The van der Waals surface area contributed by atoms with Gasteiger partial charge in [-0.05, 0) is 33.1 Å². The first-order valence-electron chi connectivity index (χ1n) is 5.02. The lowest BCUT2D eigenvalue weighted by molar-refractivity contribution is 0.301. The maximum absolute atomic E-state index is 5.31. The normalized spacial score (nSPS) is 28.2. The Labute approximate surface area is 75.8 Å². The summed E-state index contributed by atoms with van der Waals surface area (Å²) in [5.74, 6) is 0. The van der Waals surface area contributed by atoms with Crippen LogP contribution in [0.2, 0.25) is 0 Å². The zero-order valence-electron chi connectivity index (χ0n) is 8.31. The minimum atomic E-state index is 0.278. The van der Waals surface area contributed by atoms with Crippen LogP contribution in [0.25, 0.3) is 0 Å². The smallest absolute Gasteiger partial charge is 0.0888 e. The van der Waals surface area contributed by atoms with E-state index < -0.39 is 0 Å². The number of hydrogen-bond donors (Lipinski definition) is 0. The van der Waals surface area contributed by atoms with Gasteiger partial charge in [0.1, 0.15) is 0 Å². The molecule has 0 spiro atoms. The van der Waals surface area contributed by atoms with Crippen molar-refractivity contribution in [3.8, 4) is 0 Å². The zero-order valence-corrected chi connectivity index (χ0v) is 8.31. The summed E-state index contributed by atoms with van der Waals surface area (Å²) >= 11 is 0. The standard InChI is InChI=1S/C11H20O/c1-3-4-5-6-7-8-9-11(2)10-12-11/h3-4H,5-10H2,1-2H3/b4-3+. The van der Waals surface area contributed by atoms with Gasteiger partial charge in [-0.2, -0.15) is 0 Å². The summed E-state index contributed by atoms with van der Waals surface area (Å²) < 4.78 is 5.31. The van der Waals surface area contributed by atoms with Gasteiger partial charge in [0.05, 0.1) is 12.2 Å². The molecule has 0 bridgehead atoms. The van der Waals surface area contributed by atoms with Gasteiger partial charge in [-0.15, -0.1) is 0 Å². The van der Waals surface area contributed by atoms with Crippen LogP contribution in [-0.2, 0) is 4.74 Å². The van der Waals surface area contributed by atoms with Crippen LogP contribution >= 0.6 is 0 Å². The van der Waals surface area contributed by atoms with E-state index in [4.69, 9.17) is 4.74 Å². The highest BCUT2D eigenvalue weighted by molar-refractivity contribution is 4.86. The molecule has 1 saturated heterocycles. The van der Waals surface area contributed by atoms with E-state index in [0.717, 1.165) is 6.61 Å². The van der Waals surface area contributed by atoms with Crippen molar-refractivity contribution in [3.05, 3.63) is 12.2 Å². The van der Waals surface area contributed by atoms with Crippen LogP contribution in [0.3, 0.4) is 0 Å². The molecule has 1 nitrogen and oxygen atoms in total. The van der Waals surface area contributed by atoms with E-state index in [2.05, 4.69) is 26.0 Å². The summed E-state index contributed by atoms with van der Waals surface area (Å²) in [6, 6.07) is 0. The van der Waals surface area contributed by atoms with Gasteiger partial charge in [0.25, 0.3) is 0 Å². The van der Waals surface area contributed by atoms with Gasteiger partial charge in [0, 0.05) is 0 Å². The van der Waals surface area contributed by atoms with Crippen LogP contribution < -0.4 is 0 Å². The monoisotopic (exact) mass is 168 g/mol. The fourth-order valence-corrected chi connectivity index (χ4v) is 1.37. The number of ether oxygens (including phenoxy) is 1. The molecule has 0 aliphatic carbocycles. The lowest BCUT2D eigenvalue weighted by Gasteiger charge is -2.02. The van der Waals surface area contributed by atoms with Crippen molar-refractivity contribution >= 4 is 0 Å².